The molecule has 6 heteroatoms. The van der Waals surface area contributed by atoms with E-state index in [0.717, 1.165) is 24.0 Å². The Balaban J connectivity index is 1.62. The largest absolute Gasteiger partial charge is 0.326 e. The lowest BCUT2D eigenvalue weighted by Crippen LogP contribution is -2.30. The molecule has 1 aliphatic heterocycles. The van der Waals surface area contributed by atoms with Crippen LogP contribution in [-0.2, 0) is 21.2 Å². The summed E-state index contributed by atoms with van der Waals surface area (Å²) in [5, 5.41) is 2.78. The molecule has 25 heavy (non-hydrogen) atoms. The van der Waals surface area contributed by atoms with Crippen molar-refractivity contribution in [3.8, 4) is 0 Å². The molecule has 0 spiro atoms. The minimum Gasteiger partial charge on any atom is -0.326 e. The molecule has 0 aromatic heterocycles. The van der Waals surface area contributed by atoms with Gasteiger partial charge in [-0.1, -0.05) is 30.3 Å². The van der Waals surface area contributed by atoms with Crippen molar-refractivity contribution < 1.29 is 13.2 Å². The van der Waals surface area contributed by atoms with Crippen molar-refractivity contribution in [1.29, 1.82) is 0 Å². The van der Waals surface area contributed by atoms with E-state index in [1.807, 2.05) is 30.3 Å². The van der Waals surface area contributed by atoms with Gasteiger partial charge in [-0.25, -0.2) is 13.1 Å². The number of rotatable bonds is 5. The number of benzene rings is 2. The Morgan fingerprint density at radius 3 is 2.52 bits per heavy atom. The molecule has 130 valence electrons. The second-order valence-corrected chi connectivity index (χ2v) is 8.43. The highest BCUT2D eigenvalue weighted by Gasteiger charge is 2.35. The first-order chi connectivity index (χ1) is 12.0. The van der Waals surface area contributed by atoms with Gasteiger partial charge in [0.05, 0.1) is 4.90 Å². The summed E-state index contributed by atoms with van der Waals surface area (Å²) in [6.07, 6.45) is 3.03. The van der Waals surface area contributed by atoms with Gasteiger partial charge >= 0.3 is 0 Å². The monoisotopic (exact) mass is 356 g/mol. The summed E-state index contributed by atoms with van der Waals surface area (Å²) < 4.78 is 28.7. The lowest BCUT2D eigenvalue weighted by atomic mass is 10.0. The lowest BCUT2D eigenvalue weighted by molar-refractivity contribution is -0.116. The molecule has 0 bridgehead atoms. The molecule has 2 aromatic carbocycles. The van der Waals surface area contributed by atoms with Gasteiger partial charge in [-0.2, -0.15) is 0 Å². The molecule has 0 saturated heterocycles. The maximum atomic E-state index is 12.9. The molecule has 4 rings (SSSR count). The predicted molar refractivity (Wildman–Crippen MR) is 95.6 cm³/mol. The molecule has 1 fully saturated rings. The van der Waals surface area contributed by atoms with Crippen LogP contribution in [0.5, 0.6) is 0 Å². The van der Waals surface area contributed by atoms with Crippen molar-refractivity contribution in [2.45, 2.75) is 36.6 Å². The van der Waals surface area contributed by atoms with E-state index in [1.54, 1.807) is 18.2 Å². The molecule has 1 aliphatic carbocycles. The molecular formula is C19H20N2O3S. The van der Waals surface area contributed by atoms with E-state index in [4.69, 9.17) is 0 Å². The molecule has 1 heterocycles. The quantitative estimate of drug-likeness (QED) is 0.865. The Hall–Kier alpha value is -2.18. The van der Waals surface area contributed by atoms with Crippen LogP contribution in [0.15, 0.2) is 53.4 Å². The molecule has 2 N–H and O–H groups in total. The summed E-state index contributed by atoms with van der Waals surface area (Å²) in [7, 11) is -3.62. The van der Waals surface area contributed by atoms with Crippen molar-refractivity contribution in [1.82, 2.24) is 4.72 Å². The zero-order valence-electron chi connectivity index (χ0n) is 13.7. The average Bonchev–Trinajstić information content (AvgIpc) is 3.45. The zero-order valence-corrected chi connectivity index (χ0v) is 14.6. The Morgan fingerprint density at radius 2 is 1.80 bits per heavy atom. The van der Waals surface area contributed by atoms with Crippen LogP contribution in [0, 0.1) is 5.92 Å². The van der Waals surface area contributed by atoms with Gasteiger partial charge in [0.2, 0.25) is 15.9 Å². The number of anilines is 1. The van der Waals surface area contributed by atoms with E-state index in [1.165, 1.54) is 0 Å². The number of aryl methyl sites for hydroxylation is 1. The van der Waals surface area contributed by atoms with Crippen LogP contribution in [-0.4, -0.2) is 14.3 Å². The normalized spacial score (nSPS) is 18.3. The highest BCUT2D eigenvalue weighted by Crippen LogP contribution is 2.41. The van der Waals surface area contributed by atoms with Gasteiger partial charge in [0, 0.05) is 18.2 Å². The van der Waals surface area contributed by atoms with Crippen LogP contribution in [0.3, 0.4) is 0 Å². The van der Waals surface area contributed by atoms with Crippen LogP contribution in [0.2, 0.25) is 0 Å². The van der Waals surface area contributed by atoms with Crippen molar-refractivity contribution in [2.75, 3.05) is 5.32 Å². The van der Waals surface area contributed by atoms with Gasteiger partial charge in [-0.3, -0.25) is 4.79 Å². The number of carbonyl (C=O) groups excluding carboxylic acids is 1. The second-order valence-electron chi connectivity index (χ2n) is 6.71. The summed E-state index contributed by atoms with van der Waals surface area (Å²) in [5.41, 5.74) is 2.57. The molecule has 0 unspecified atom stereocenters. The minimum atomic E-state index is -3.62. The topological polar surface area (TPSA) is 75.3 Å². The predicted octanol–water partition coefficient (Wildman–Crippen LogP) is 3.00. The fourth-order valence-corrected chi connectivity index (χ4v) is 4.63. The van der Waals surface area contributed by atoms with Gasteiger partial charge in [-0.05, 0) is 54.5 Å². The molecule has 1 amide bonds. The van der Waals surface area contributed by atoms with Crippen LogP contribution >= 0.6 is 0 Å². The van der Waals surface area contributed by atoms with Crippen molar-refractivity contribution in [3.63, 3.8) is 0 Å². The molecular weight excluding hydrogens is 336 g/mol. The van der Waals surface area contributed by atoms with Gasteiger partial charge in [0.1, 0.15) is 0 Å². The van der Waals surface area contributed by atoms with E-state index in [9.17, 15) is 13.2 Å². The van der Waals surface area contributed by atoms with Crippen LogP contribution < -0.4 is 10.0 Å². The SMILES string of the molecule is O=C1CCc2cc(S(=O)(=O)N[C@@H](c3ccccc3)C3CC3)ccc2N1. The molecule has 0 radical (unpaired) electrons. The third kappa shape index (κ3) is 3.45. The smallest absolute Gasteiger partial charge is 0.241 e. The van der Waals surface area contributed by atoms with E-state index >= 15 is 0 Å². The molecule has 2 aliphatic rings. The first-order valence-electron chi connectivity index (χ1n) is 8.53. The summed E-state index contributed by atoms with van der Waals surface area (Å²) in [4.78, 5) is 11.7. The van der Waals surface area contributed by atoms with Gasteiger partial charge in [0.15, 0.2) is 0 Å². The number of nitrogens with one attached hydrogen (secondary N) is 2. The lowest BCUT2D eigenvalue weighted by Gasteiger charge is -2.21. The number of fused-ring (bicyclic) bond motifs is 1. The Bertz CT molecular complexity index is 906. The standard InChI is InChI=1S/C19H20N2O3S/c22-18-11-8-15-12-16(9-10-17(15)20-18)25(23,24)21-19(14-6-7-14)13-4-2-1-3-5-13/h1-5,9-10,12,14,19,21H,6-8,11H2,(H,20,22)/t19-/m0/s1. The van der Waals surface area contributed by atoms with Crippen LogP contribution in [0.4, 0.5) is 5.69 Å². The maximum absolute atomic E-state index is 12.9. The van der Waals surface area contributed by atoms with E-state index in [2.05, 4.69) is 10.0 Å². The summed E-state index contributed by atoms with van der Waals surface area (Å²) in [6.45, 7) is 0. The number of hydrogen-bond acceptors (Lipinski definition) is 3. The van der Waals surface area contributed by atoms with Gasteiger partial charge < -0.3 is 5.32 Å². The molecule has 1 atom stereocenters. The third-order valence-electron chi connectivity index (χ3n) is 4.82. The van der Waals surface area contributed by atoms with Gasteiger partial charge in [-0.15, -0.1) is 0 Å². The van der Waals surface area contributed by atoms with E-state index in [0.29, 0.717) is 24.4 Å². The summed E-state index contributed by atoms with van der Waals surface area (Å²) in [6, 6.07) is 14.4. The third-order valence-corrected chi connectivity index (χ3v) is 6.26. The van der Waals surface area contributed by atoms with Gasteiger partial charge in [0.25, 0.3) is 0 Å². The van der Waals surface area contributed by atoms with Crippen molar-refractivity contribution in [3.05, 3.63) is 59.7 Å². The Labute approximate surface area is 147 Å². The Kier molecular flexibility index (Phi) is 4.09. The van der Waals surface area contributed by atoms with Crippen molar-refractivity contribution >= 4 is 21.6 Å². The number of amides is 1. The summed E-state index contributed by atoms with van der Waals surface area (Å²) in [5.74, 6) is 0.327. The summed E-state index contributed by atoms with van der Waals surface area (Å²) >= 11 is 0. The first kappa shape index (κ1) is 16.3. The molecule has 1 saturated carbocycles. The maximum Gasteiger partial charge on any atom is 0.241 e. The van der Waals surface area contributed by atoms with Crippen LogP contribution in [0.1, 0.15) is 36.4 Å². The minimum absolute atomic E-state index is 0.0286. The zero-order chi connectivity index (χ0) is 17.4. The van der Waals surface area contributed by atoms with E-state index < -0.39 is 10.0 Å². The molecule has 5 nitrogen and oxygen atoms in total. The Morgan fingerprint density at radius 1 is 1.04 bits per heavy atom. The fourth-order valence-electron chi connectivity index (χ4n) is 3.29. The number of sulfonamides is 1. The average molecular weight is 356 g/mol. The second kappa shape index (κ2) is 6.28. The number of hydrogen-bond donors (Lipinski definition) is 2. The fraction of sp³-hybridized carbons (Fsp3) is 0.316. The highest BCUT2D eigenvalue weighted by atomic mass is 32.2. The first-order valence-corrected chi connectivity index (χ1v) is 10.0. The number of carbonyl (C=O) groups is 1. The van der Waals surface area contributed by atoms with Crippen molar-refractivity contribution in [2.24, 2.45) is 5.92 Å². The molecule has 2 aromatic rings. The van der Waals surface area contributed by atoms with Crippen LogP contribution in [0.25, 0.3) is 0 Å². The van der Waals surface area contributed by atoms with E-state index in [-0.39, 0.29) is 16.8 Å². The highest BCUT2D eigenvalue weighted by molar-refractivity contribution is 7.89.